The van der Waals surface area contributed by atoms with E-state index in [0.717, 1.165) is 25.9 Å². The Hall–Kier alpha value is -1.39. The molecule has 0 saturated carbocycles. The Kier molecular flexibility index (Phi) is 3.17. The van der Waals surface area contributed by atoms with Gasteiger partial charge in [-0.2, -0.15) is 4.98 Å². The summed E-state index contributed by atoms with van der Waals surface area (Å²) in [6.45, 7) is 7.79. The number of halogens is 1. The summed E-state index contributed by atoms with van der Waals surface area (Å²) < 4.78 is 13.8. The van der Waals surface area contributed by atoms with E-state index in [2.05, 4.69) is 29.1 Å². The molecule has 17 heavy (non-hydrogen) atoms. The summed E-state index contributed by atoms with van der Waals surface area (Å²) in [7, 11) is 0. The molecule has 1 aliphatic heterocycles. The molecule has 4 nitrogen and oxygen atoms in total. The second kappa shape index (κ2) is 4.47. The standard InChI is InChI=1S/C12H19FN4/c1-4-14-11-15-8-9(13)10(16-11)17-7-5-6-12(17,2)3/h8H,4-7H2,1-3H3,(H,14,15,16). The molecule has 0 bridgehead atoms. The number of aromatic nitrogens is 2. The first-order valence-electron chi connectivity index (χ1n) is 6.08. The van der Waals surface area contributed by atoms with E-state index in [9.17, 15) is 4.39 Å². The minimum atomic E-state index is -0.346. The summed E-state index contributed by atoms with van der Waals surface area (Å²) >= 11 is 0. The summed E-state index contributed by atoms with van der Waals surface area (Å²) in [5, 5.41) is 3.01. The smallest absolute Gasteiger partial charge is 0.224 e. The van der Waals surface area contributed by atoms with Crippen LogP contribution in [-0.2, 0) is 0 Å². The summed E-state index contributed by atoms with van der Waals surface area (Å²) in [5.74, 6) is 0.562. The highest BCUT2D eigenvalue weighted by atomic mass is 19.1. The van der Waals surface area contributed by atoms with E-state index >= 15 is 0 Å². The average Bonchev–Trinajstić information content (AvgIpc) is 2.61. The Balaban J connectivity index is 2.33. The Morgan fingerprint density at radius 3 is 2.88 bits per heavy atom. The molecular weight excluding hydrogens is 219 g/mol. The van der Waals surface area contributed by atoms with Crippen molar-refractivity contribution in [3.8, 4) is 0 Å². The van der Waals surface area contributed by atoms with Crippen LogP contribution in [0.5, 0.6) is 0 Å². The first kappa shape index (κ1) is 12.1. The number of nitrogens with one attached hydrogen (secondary N) is 1. The fourth-order valence-corrected chi connectivity index (χ4v) is 2.29. The zero-order valence-electron chi connectivity index (χ0n) is 10.6. The second-order valence-corrected chi connectivity index (χ2v) is 4.96. The second-order valence-electron chi connectivity index (χ2n) is 4.96. The molecule has 94 valence electrons. The minimum absolute atomic E-state index is 0.0291. The summed E-state index contributed by atoms with van der Waals surface area (Å²) in [6, 6.07) is 0. The fourth-order valence-electron chi connectivity index (χ4n) is 2.29. The van der Waals surface area contributed by atoms with Gasteiger partial charge in [0.2, 0.25) is 5.95 Å². The highest BCUT2D eigenvalue weighted by Crippen LogP contribution is 2.33. The van der Waals surface area contributed by atoms with Crippen molar-refractivity contribution in [2.24, 2.45) is 0 Å². The zero-order chi connectivity index (χ0) is 12.5. The molecule has 1 N–H and O–H groups in total. The van der Waals surface area contributed by atoms with E-state index in [1.165, 1.54) is 6.20 Å². The molecule has 0 aromatic carbocycles. The van der Waals surface area contributed by atoms with Gasteiger partial charge in [-0.05, 0) is 33.6 Å². The van der Waals surface area contributed by atoms with Crippen LogP contribution in [0.15, 0.2) is 6.20 Å². The van der Waals surface area contributed by atoms with Crippen LogP contribution in [0.2, 0.25) is 0 Å². The normalized spacial score (nSPS) is 18.5. The molecule has 0 spiro atoms. The monoisotopic (exact) mass is 238 g/mol. The molecular formula is C12H19FN4. The number of hydrogen-bond donors (Lipinski definition) is 1. The molecule has 0 aliphatic carbocycles. The van der Waals surface area contributed by atoms with Crippen molar-refractivity contribution in [2.75, 3.05) is 23.3 Å². The lowest BCUT2D eigenvalue weighted by Gasteiger charge is -2.32. The lowest BCUT2D eigenvalue weighted by molar-refractivity contribution is 0.500. The first-order chi connectivity index (χ1) is 8.04. The molecule has 0 amide bonds. The topological polar surface area (TPSA) is 41.1 Å². The average molecular weight is 238 g/mol. The third kappa shape index (κ3) is 2.33. The molecule has 1 aliphatic rings. The maximum atomic E-state index is 13.8. The Bertz CT molecular complexity index is 405. The van der Waals surface area contributed by atoms with Gasteiger partial charge in [0.05, 0.1) is 6.20 Å². The van der Waals surface area contributed by atoms with E-state index in [0.29, 0.717) is 11.8 Å². The van der Waals surface area contributed by atoms with Gasteiger partial charge in [-0.1, -0.05) is 0 Å². The number of rotatable bonds is 3. The van der Waals surface area contributed by atoms with E-state index < -0.39 is 0 Å². The van der Waals surface area contributed by atoms with Crippen molar-refractivity contribution in [3.63, 3.8) is 0 Å². The predicted octanol–water partition coefficient (Wildman–Crippen LogP) is 2.43. The largest absolute Gasteiger partial charge is 0.354 e. The Labute approximate surface area is 101 Å². The van der Waals surface area contributed by atoms with Crippen molar-refractivity contribution in [3.05, 3.63) is 12.0 Å². The maximum Gasteiger partial charge on any atom is 0.224 e. The summed E-state index contributed by atoms with van der Waals surface area (Å²) in [6.07, 6.45) is 3.38. The number of anilines is 2. The van der Waals surface area contributed by atoms with Crippen LogP contribution >= 0.6 is 0 Å². The zero-order valence-corrected chi connectivity index (χ0v) is 10.6. The lowest BCUT2D eigenvalue weighted by atomic mass is 10.0. The highest BCUT2D eigenvalue weighted by Gasteiger charge is 2.34. The summed E-state index contributed by atoms with van der Waals surface area (Å²) in [5.41, 5.74) is -0.0291. The van der Waals surface area contributed by atoms with Gasteiger partial charge in [0, 0.05) is 18.6 Å². The first-order valence-corrected chi connectivity index (χ1v) is 6.08. The van der Waals surface area contributed by atoms with Crippen molar-refractivity contribution < 1.29 is 4.39 Å². The van der Waals surface area contributed by atoms with Crippen molar-refractivity contribution in [1.29, 1.82) is 0 Å². The van der Waals surface area contributed by atoms with Crippen LogP contribution < -0.4 is 10.2 Å². The SMILES string of the molecule is CCNc1ncc(F)c(N2CCCC2(C)C)n1. The van der Waals surface area contributed by atoms with Gasteiger partial charge in [0.15, 0.2) is 11.6 Å². The van der Waals surface area contributed by atoms with Crippen molar-refractivity contribution in [2.45, 2.75) is 39.2 Å². The van der Waals surface area contributed by atoms with E-state index in [1.807, 2.05) is 11.8 Å². The van der Waals surface area contributed by atoms with Crippen LogP contribution in [0.25, 0.3) is 0 Å². The van der Waals surface area contributed by atoms with Crippen molar-refractivity contribution >= 4 is 11.8 Å². The van der Waals surface area contributed by atoms with Crippen LogP contribution in [0.3, 0.4) is 0 Å². The molecule has 1 saturated heterocycles. The van der Waals surface area contributed by atoms with Crippen LogP contribution in [0.1, 0.15) is 33.6 Å². The molecule has 1 aromatic heterocycles. The molecule has 2 rings (SSSR count). The fraction of sp³-hybridized carbons (Fsp3) is 0.667. The van der Waals surface area contributed by atoms with Crippen molar-refractivity contribution in [1.82, 2.24) is 9.97 Å². The number of hydrogen-bond acceptors (Lipinski definition) is 4. The molecule has 1 fully saturated rings. The highest BCUT2D eigenvalue weighted by molar-refractivity contribution is 5.47. The van der Waals surface area contributed by atoms with Gasteiger partial charge < -0.3 is 10.2 Å². The molecule has 1 aromatic rings. The van der Waals surface area contributed by atoms with Gasteiger partial charge in [-0.3, -0.25) is 0 Å². The van der Waals surface area contributed by atoms with Gasteiger partial charge in [-0.15, -0.1) is 0 Å². The molecule has 0 radical (unpaired) electrons. The quantitative estimate of drug-likeness (QED) is 0.878. The predicted molar refractivity (Wildman–Crippen MR) is 66.8 cm³/mol. The van der Waals surface area contributed by atoms with E-state index in [1.54, 1.807) is 0 Å². The third-order valence-electron chi connectivity index (χ3n) is 3.22. The molecule has 0 atom stereocenters. The number of nitrogens with zero attached hydrogens (tertiary/aromatic N) is 3. The third-order valence-corrected chi connectivity index (χ3v) is 3.22. The van der Waals surface area contributed by atoms with Gasteiger partial charge in [0.25, 0.3) is 0 Å². The lowest BCUT2D eigenvalue weighted by Crippen LogP contribution is -2.39. The van der Waals surface area contributed by atoms with Crippen LogP contribution in [0.4, 0.5) is 16.2 Å². The molecule has 5 heteroatoms. The Morgan fingerprint density at radius 2 is 2.29 bits per heavy atom. The Morgan fingerprint density at radius 1 is 1.53 bits per heavy atom. The van der Waals surface area contributed by atoms with Crippen LogP contribution in [-0.4, -0.2) is 28.6 Å². The summed E-state index contributed by atoms with van der Waals surface area (Å²) in [4.78, 5) is 10.2. The minimum Gasteiger partial charge on any atom is -0.354 e. The maximum absolute atomic E-state index is 13.8. The molecule has 0 unspecified atom stereocenters. The van der Waals surface area contributed by atoms with Gasteiger partial charge in [0.1, 0.15) is 0 Å². The van der Waals surface area contributed by atoms with Crippen LogP contribution in [0, 0.1) is 5.82 Å². The van der Waals surface area contributed by atoms with E-state index in [-0.39, 0.29) is 11.4 Å². The molecule has 2 heterocycles. The van der Waals surface area contributed by atoms with Gasteiger partial charge in [-0.25, -0.2) is 9.37 Å². The van der Waals surface area contributed by atoms with E-state index in [4.69, 9.17) is 0 Å². The van der Waals surface area contributed by atoms with Gasteiger partial charge >= 0.3 is 0 Å².